The maximum atomic E-state index is 11.1. The number of phenols is 1. The molecule has 0 radical (unpaired) electrons. The Balaban J connectivity index is 2.89. The Labute approximate surface area is 125 Å². The number of phenolic OH excluding ortho intramolecular Hbond substituents is 1. The minimum Gasteiger partial charge on any atom is -0.504 e. The fourth-order valence-electron chi connectivity index (χ4n) is 2.14. The summed E-state index contributed by atoms with van der Waals surface area (Å²) in [5.74, 6) is -0.369. The number of benzene rings is 1. The molecule has 5 nitrogen and oxygen atoms in total. The quantitative estimate of drug-likeness (QED) is 0.610. The van der Waals surface area contributed by atoms with Crippen LogP contribution in [0.3, 0.4) is 0 Å². The van der Waals surface area contributed by atoms with Crippen molar-refractivity contribution in [2.75, 3.05) is 7.11 Å². The molecule has 21 heavy (non-hydrogen) atoms. The molecule has 5 heteroatoms. The van der Waals surface area contributed by atoms with Crippen LogP contribution < -0.4 is 10.1 Å². The van der Waals surface area contributed by atoms with E-state index in [1.54, 1.807) is 12.1 Å². The van der Waals surface area contributed by atoms with Gasteiger partial charge in [0, 0.05) is 12.1 Å². The predicted octanol–water partition coefficient (Wildman–Crippen LogP) is 2.47. The largest absolute Gasteiger partial charge is 0.504 e. The molecule has 0 aliphatic rings. The second-order valence-electron chi connectivity index (χ2n) is 4.86. The Bertz CT molecular complexity index is 499. The lowest BCUT2D eigenvalue weighted by molar-refractivity contribution is -0.139. The smallest absolute Gasteiger partial charge is 0.320 e. The molecule has 1 rings (SSSR count). The third-order valence-electron chi connectivity index (χ3n) is 3.23. The number of hydrogen-bond acceptors (Lipinski definition) is 4. The monoisotopic (exact) mass is 293 g/mol. The summed E-state index contributed by atoms with van der Waals surface area (Å²) in [7, 11) is 1.49. The first-order valence-electron chi connectivity index (χ1n) is 6.99. The number of rotatable bonds is 9. The fraction of sp³-hybridized carbons (Fsp3) is 0.438. The van der Waals surface area contributed by atoms with Crippen LogP contribution in [0.15, 0.2) is 24.8 Å². The van der Waals surface area contributed by atoms with Crippen LogP contribution in [0, 0.1) is 0 Å². The second-order valence-corrected chi connectivity index (χ2v) is 4.86. The van der Waals surface area contributed by atoms with Crippen molar-refractivity contribution in [3.63, 3.8) is 0 Å². The molecule has 0 amide bonds. The van der Waals surface area contributed by atoms with Crippen LogP contribution in [0.25, 0.3) is 0 Å². The molecular weight excluding hydrogens is 270 g/mol. The molecule has 0 aliphatic carbocycles. The van der Waals surface area contributed by atoms with Crippen molar-refractivity contribution in [1.82, 2.24) is 5.32 Å². The highest BCUT2D eigenvalue weighted by atomic mass is 16.5. The van der Waals surface area contributed by atoms with Crippen LogP contribution in [-0.4, -0.2) is 29.3 Å². The van der Waals surface area contributed by atoms with Gasteiger partial charge in [-0.15, -0.1) is 6.58 Å². The normalized spacial score (nSPS) is 11.9. The van der Waals surface area contributed by atoms with Gasteiger partial charge in [-0.05, 0) is 24.5 Å². The third-order valence-corrected chi connectivity index (χ3v) is 3.23. The Morgan fingerprint density at radius 2 is 2.24 bits per heavy atom. The van der Waals surface area contributed by atoms with E-state index in [-0.39, 0.29) is 5.75 Å². The molecule has 0 heterocycles. The van der Waals surface area contributed by atoms with Gasteiger partial charge >= 0.3 is 5.97 Å². The van der Waals surface area contributed by atoms with Crippen LogP contribution in [-0.2, 0) is 17.8 Å². The number of carboxylic acids is 1. The van der Waals surface area contributed by atoms with Crippen LogP contribution >= 0.6 is 0 Å². The van der Waals surface area contributed by atoms with Crippen molar-refractivity contribution >= 4 is 5.97 Å². The number of carboxylic acid groups (broad SMARTS) is 1. The highest BCUT2D eigenvalue weighted by Crippen LogP contribution is 2.32. The summed E-state index contributed by atoms with van der Waals surface area (Å²) in [6.07, 6.45) is 3.59. The van der Waals surface area contributed by atoms with Gasteiger partial charge < -0.3 is 20.3 Å². The number of allylic oxidation sites excluding steroid dienone is 1. The second kappa shape index (κ2) is 8.32. The number of aliphatic carboxylic acids is 1. The highest BCUT2D eigenvalue weighted by Gasteiger charge is 2.16. The molecular formula is C16H23NO4. The minimum atomic E-state index is -0.853. The topological polar surface area (TPSA) is 78.8 Å². The van der Waals surface area contributed by atoms with Crippen molar-refractivity contribution in [3.8, 4) is 11.5 Å². The summed E-state index contributed by atoms with van der Waals surface area (Å²) < 4.78 is 5.15. The molecule has 1 aromatic carbocycles. The van der Waals surface area contributed by atoms with E-state index in [0.717, 1.165) is 12.0 Å². The van der Waals surface area contributed by atoms with Gasteiger partial charge in [-0.25, -0.2) is 0 Å². The molecule has 0 saturated heterocycles. The predicted molar refractivity (Wildman–Crippen MR) is 81.7 cm³/mol. The number of hydrogen-bond donors (Lipinski definition) is 3. The lowest BCUT2D eigenvalue weighted by Gasteiger charge is -2.15. The van der Waals surface area contributed by atoms with E-state index >= 15 is 0 Å². The zero-order valence-corrected chi connectivity index (χ0v) is 12.6. The van der Waals surface area contributed by atoms with Gasteiger partial charge in [0.1, 0.15) is 6.04 Å². The molecule has 0 spiro atoms. The van der Waals surface area contributed by atoms with Gasteiger partial charge in [-0.1, -0.05) is 25.5 Å². The van der Waals surface area contributed by atoms with E-state index in [2.05, 4.69) is 11.9 Å². The molecule has 0 saturated carbocycles. The van der Waals surface area contributed by atoms with Gasteiger partial charge in [0.15, 0.2) is 11.5 Å². The molecule has 0 aliphatic heterocycles. The van der Waals surface area contributed by atoms with Crippen LogP contribution in [0.5, 0.6) is 11.5 Å². The Hall–Kier alpha value is -2.01. The van der Waals surface area contributed by atoms with Gasteiger partial charge in [0.25, 0.3) is 0 Å². The lowest BCUT2D eigenvalue weighted by Crippen LogP contribution is -2.36. The van der Waals surface area contributed by atoms with E-state index < -0.39 is 12.0 Å². The Kier molecular flexibility index (Phi) is 6.75. The zero-order valence-electron chi connectivity index (χ0n) is 12.6. The SMILES string of the molecule is C=CCc1cc(CNC(CCC)C(=O)O)cc(OC)c1O. The third kappa shape index (κ3) is 4.79. The fourth-order valence-corrected chi connectivity index (χ4v) is 2.14. The first-order chi connectivity index (χ1) is 10.0. The summed E-state index contributed by atoms with van der Waals surface area (Å²) in [5.41, 5.74) is 1.58. The summed E-state index contributed by atoms with van der Waals surface area (Å²) in [6.45, 7) is 6.01. The zero-order chi connectivity index (χ0) is 15.8. The van der Waals surface area contributed by atoms with Crippen molar-refractivity contribution in [3.05, 3.63) is 35.9 Å². The molecule has 0 bridgehead atoms. The molecule has 1 aromatic rings. The Morgan fingerprint density at radius 3 is 2.76 bits per heavy atom. The van der Waals surface area contributed by atoms with E-state index in [0.29, 0.717) is 30.7 Å². The minimum absolute atomic E-state index is 0.101. The lowest BCUT2D eigenvalue weighted by atomic mass is 10.0. The number of nitrogens with one attached hydrogen (secondary N) is 1. The van der Waals surface area contributed by atoms with Gasteiger partial charge in [-0.3, -0.25) is 4.79 Å². The van der Waals surface area contributed by atoms with Crippen LogP contribution in [0.2, 0.25) is 0 Å². The van der Waals surface area contributed by atoms with E-state index in [4.69, 9.17) is 9.84 Å². The molecule has 116 valence electrons. The highest BCUT2D eigenvalue weighted by molar-refractivity contribution is 5.73. The van der Waals surface area contributed by atoms with E-state index in [1.807, 2.05) is 13.0 Å². The van der Waals surface area contributed by atoms with Crippen molar-refractivity contribution in [2.24, 2.45) is 0 Å². The van der Waals surface area contributed by atoms with Gasteiger partial charge in [-0.2, -0.15) is 0 Å². The van der Waals surface area contributed by atoms with E-state index in [1.165, 1.54) is 7.11 Å². The number of ether oxygens (including phenoxy) is 1. The van der Waals surface area contributed by atoms with Gasteiger partial charge in [0.2, 0.25) is 0 Å². The first-order valence-corrected chi connectivity index (χ1v) is 6.99. The molecule has 0 fully saturated rings. The average Bonchev–Trinajstić information content (AvgIpc) is 2.46. The Morgan fingerprint density at radius 1 is 1.52 bits per heavy atom. The number of methoxy groups -OCH3 is 1. The van der Waals surface area contributed by atoms with Crippen molar-refractivity contribution < 1.29 is 19.7 Å². The first kappa shape index (κ1) is 17.0. The van der Waals surface area contributed by atoms with Crippen LogP contribution in [0.4, 0.5) is 0 Å². The summed E-state index contributed by atoms with van der Waals surface area (Å²) in [4.78, 5) is 11.1. The molecule has 0 aromatic heterocycles. The van der Waals surface area contributed by atoms with Gasteiger partial charge in [0.05, 0.1) is 7.11 Å². The molecule has 1 unspecified atom stereocenters. The summed E-state index contributed by atoms with van der Waals surface area (Å²) in [6, 6.07) is 2.97. The van der Waals surface area contributed by atoms with Crippen molar-refractivity contribution in [2.45, 2.75) is 38.8 Å². The molecule has 1 atom stereocenters. The van der Waals surface area contributed by atoms with E-state index in [9.17, 15) is 9.90 Å². The average molecular weight is 293 g/mol. The molecule has 3 N–H and O–H groups in total. The maximum Gasteiger partial charge on any atom is 0.320 e. The van der Waals surface area contributed by atoms with Crippen molar-refractivity contribution in [1.29, 1.82) is 0 Å². The standard InChI is InChI=1S/C16H23NO4/c1-4-6-12-8-11(9-14(21-3)15(12)18)10-17-13(7-5-2)16(19)20/h4,8-9,13,17-18H,1,5-7,10H2,2-3H3,(H,19,20). The summed E-state index contributed by atoms with van der Waals surface area (Å²) in [5, 5.41) is 22.1. The summed E-state index contributed by atoms with van der Waals surface area (Å²) >= 11 is 0. The maximum absolute atomic E-state index is 11.1. The number of aromatic hydroxyl groups is 1. The van der Waals surface area contributed by atoms with Crippen LogP contribution in [0.1, 0.15) is 30.9 Å². The number of carbonyl (C=O) groups is 1.